The number of hydrogen-bond acceptors (Lipinski definition) is 4. The summed E-state index contributed by atoms with van der Waals surface area (Å²) < 4.78 is 15.9. The first-order valence-corrected chi connectivity index (χ1v) is 5.52. The van der Waals surface area contributed by atoms with Crippen LogP contribution in [-0.2, 0) is 4.74 Å². The van der Waals surface area contributed by atoms with Crippen molar-refractivity contribution in [3.05, 3.63) is 22.2 Å². The molecule has 0 N–H and O–H groups in total. The van der Waals surface area contributed by atoms with Crippen molar-refractivity contribution in [2.75, 3.05) is 20.8 Å². The molecule has 1 aromatic rings. The Morgan fingerprint density at radius 1 is 1.31 bits per heavy atom. The number of ether oxygens (including phenoxy) is 3. The molecular formula is C11H13BrO4. The fourth-order valence-electron chi connectivity index (χ4n) is 1.29. The third-order valence-electron chi connectivity index (χ3n) is 1.94. The van der Waals surface area contributed by atoms with Crippen LogP contribution in [0.4, 0.5) is 0 Å². The Morgan fingerprint density at radius 2 is 2.00 bits per heavy atom. The zero-order valence-corrected chi connectivity index (χ0v) is 11.0. The van der Waals surface area contributed by atoms with Gasteiger partial charge in [0, 0.05) is 4.47 Å². The molecule has 0 fully saturated rings. The van der Waals surface area contributed by atoms with Crippen molar-refractivity contribution in [1.29, 1.82) is 0 Å². The topological polar surface area (TPSA) is 44.8 Å². The molecule has 0 aromatic heterocycles. The molecule has 0 bridgehead atoms. The van der Waals surface area contributed by atoms with Gasteiger partial charge in [0.2, 0.25) is 0 Å². The molecular weight excluding hydrogens is 276 g/mol. The first-order valence-electron chi connectivity index (χ1n) is 4.72. The summed E-state index contributed by atoms with van der Waals surface area (Å²) in [5.41, 5.74) is 0.343. The van der Waals surface area contributed by atoms with Crippen molar-refractivity contribution < 1.29 is 19.0 Å². The molecule has 88 valence electrons. The second-order valence-corrected chi connectivity index (χ2v) is 3.83. The van der Waals surface area contributed by atoms with Crippen LogP contribution in [0.15, 0.2) is 16.6 Å². The van der Waals surface area contributed by atoms with Crippen LogP contribution < -0.4 is 9.47 Å². The van der Waals surface area contributed by atoms with Crippen molar-refractivity contribution in [2.24, 2.45) is 0 Å². The lowest BCUT2D eigenvalue weighted by atomic mass is 10.2. The fraction of sp³-hybridized carbons (Fsp3) is 0.364. The normalized spacial score (nSPS) is 9.75. The van der Waals surface area contributed by atoms with Gasteiger partial charge in [0.05, 0.1) is 20.8 Å². The van der Waals surface area contributed by atoms with Crippen LogP contribution in [0.25, 0.3) is 0 Å². The van der Waals surface area contributed by atoms with E-state index in [9.17, 15) is 4.79 Å². The van der Waals surface area contributed by atoms with E-state index in [-0.39, 0.29) is 0 Å². The summed E-state index contributed by atoms with van der Waals surface area (Å²) in [6.07, 6.45) is 0. The molecule has 1 rings (SSSR count). The Bertz CT molecular complexity index is 390. The number of rotatable bonds is 4. The average molecular weight is 289 g/mol. The minimum Gasteiger partial charge on any atom is -0.493 e. The minimum atomic E-state index is -0.432. The summed E-state index contributed by atoms with van der Waals surface area (Å²) in [6, 6.07) is 3.36. The molecule has 0 atom stereocenters. The maximum absolute atomic E-state index is 11.7. The first-order chi connectivity index (χ1) is 7.63. The lowest BCUT2D eigenvalue weighted by molar-refractivity contribution is 0.0522. The zero-order valence-electron chi connectivity index (χ0n) is 9.37. The van der Waals surface area contributed by atoms with Crippen molar-refractivity contribution in [1.82, 2.24) is 0 Å². The van der Waals surface area contributed by atoms with E-state index in [1.165, 1.54) is 14.2 Å². The highest BCUT2D eigenvalue weighted by molar-refractivity contribution is 9.10. The standard InChI is InChI=1S/C11H13BrO4/c1-4-16-11(13)8-5-7(12)6-9(14-2)10(8)15-3/h5-6H,4H2,1-3H3. The largest absolute Gasteiger partial charge is 0.493 e. The predicted octanol–water partition coefficient (Wildman–Crippen LogP) is 2.64. The first kappa shape index (κ1) is 12.8. The van der Waals surface area contributed by atoms with Gasteiger partial charge in [-0.2, -0.15) is 0 Å². The summed E-state index contributed by atoms with van der Waals surface area (Å²) in [4.78, 5) is 11.7. The van der Waals surface area contributed by atoms with Gasteiger partial charge in [-0.3, -0.25) is 0 Å². The maximum atomic E-state index is 11.7. The Kier molecular flexibility index (Phi) is 4.61. The van der Waals surface area contributed by atoms with Crippen LogP contribution in [0.3, 0.4) is 0 Å². The maximum Gasteiger partial charge on any atom is 0.342 e. The molecule has 0 amide bonds. The van der Waals surface area contributed by atoms with Gasteiger partial charge in [-0.05, 0) is 19.1 Å². The van der Waals surface area contributed by atoms with Gasteiger partial charge in [0.15, 0.2) is 11.5 Å². The lowest BCUT2D eigenvalue weighted by Gasteiger charge is -2.12. The second kappa shape index (κ2) is 5.75. The second-order valence-electron chi connectivity index (χ2n) is 2.91. The monoisotopic (exact) mass is 288 g/mol. The molecule has 0 saturated carbocycles. The van der Waals surface area contributed by atoms with E-state index >= 15 is 0 Å². The van der Waals surface area contributed by atoms with Gasteiger partial charge in [-0.25, -0.2) is 4.79 Å². The summed E-state index contributed by atoms with van der Waals surface area (Å²) in [6.45, 7) is 2.07. The van der Waals surface area contributed by atoms with E-state index in [1.54, 1.807) is 19.1 Å². The quantitative estimate of drug-likeness (QED) is 0.799. The van der Waals surface area contributed by atoms with Crippen LogP contribution in [-0.4, -0.2) is 26.8 Å². The van der Waals surface area contributed by atoms with Crippen LogP contribution in [0.1, 0.15) is 17.3 Å². The van der Waals surface area contributed by atoms with Crippen molar-refractivity contribution in [3.63, 3.8) is 0 Å². The van der Waals surface area contributed by atoms with E-state index in [2.05, 4.69) is 15.9 Å². The van der Waals surface area contributed by atoms with Crippen LogP contribution in [0.2, 0.25) is 0 Å². The van der Waals surface area contributed by atoms with Gasteiger partial charge in [-0.15, -0.1) is 0 Å². The molecule has 0 aliphatic carbocycles. The average Bonchev–Trinajstić information content (AvgIpc) is 2.28. The van der Waals surface area contributed by atoms with Crippen LogP contribution in [0, 0.1) is 0 Å². The van der Waals surface area contributed by atoms with Crippen LogP contribution in [0.5, 0.6) is 11.5 Å². The van der Waals surface area contributed by atoms with Crippen molar-refractivity contribution in [3.8, 4) is 11.5 Å². The zero-order chi connectivity index (χ0) is 12.1. The number of halogens is 1. The van der Waals surface area contributed by atoms with E-state index in [0.29, 0.717) is 23.7 Å². The molecule has 0 saturated heterocycles. The van der Waals surface area contributed by atoms with Gasteiger partial charge >= 0.3 is 5.97 Å². The van der Waals surface area contributed by atoms with Gasteiger partial charge in [0.25, 0.3) is 0 Å². The molecule has 1 aromatic carbocycles. The molecule has 0 unspecified atom stereocenters. The highest BCUT2D eigenvalue weighted by Gasteiger charge is 2.18. The van der Waals surface area contributed by atoms with Crippen molar-refractivity contribution >= 4 is 21.9 Å². The molecule has 5 heteroatoms. The smallest absolute Gasteiger partial charge is 0.342 e. The molecule has 0 radical (unpaired) electrons. The lowest BCUT2D eigenvalue weighted by Crippen LogP contribution is -2.07. The predicted molar refractivity (Wildman–Crippen MR) is 63.2 cm³/mol. The SMILES string of the molecule is CCOC(=O)c1cc(Br)cc(OC)c1OC. The fourth-order valence-corrected chi connectivity index (χ4v) is 1.73. The van der Waals surface area contributed by atoms with Gasteiger partial charge < -0.3 is 14.2 Å². The number of carbonyl (C=O) groups is 1. The van der Waals surface area contributed by atoms with E-state index in [4.69, 9.17) is 14.2 Å². The number of esters is 1. The Balaban J connectivity index is 3.24. The Morgan fingerprint density at radius 3 is 2.50 bits per heavy atom. The Labute approximate surface area is 103 Å². The molecule has 0 aliphatic rings. The summed E-state index contributed by atoms with van der Waals surface area (Å²) in [5.74, 6) is 0.433. The van der Waals surface area contributed by atoms with E-state index in [0.717, 1.165) is 4.47 Å². The molecule has 0 spiro atoms. The molecule has 16 heavy (non-hydrogen) atoms. The minimum absolute atomic E-state index is 0.316. The third-order valence-corrected chi connectivity index (χ3v) is 2.40. The molecule has 0 heterocycles. The molecule has 0 aliphatic heterocycles. The van der Waals surface area contributed by atoms with Gasteiger partial charge in [-0.1, -0.05) is 15.9 Å². The highest BCUT2D eigenvalue weighted by Crippen LogP contribution is 2.34. The molecule has 4 nitrogen and oxygen atoms in total. The number of hydrogen-bond donors (Lipinski definition) is 0. The summed E-state index contributed by atoms with van der Waals surface area (Å²) in [5, 5.41) is 0. The number of methoxy groups -OCH3 is 2. The summed E-state index contributed by atoms with van der Waals surface area (Å²) in [7, 11) is 2.99. The van der Waals surface area contributed by atoms with Crippen LogP contribution >= 0.6 is 15.9 Å². The van der Waals surface area contributed by atoms with Gasteiger partial charge in [0.1, 0.15) is 5.56 Å². The van der Waals surface area contributed by atoms with Crippen molar-refractivity contribution in [2.45, 2.75) is 6.92 Å². The number of carbonyl (C=O) groups excluding carboxylic acids is 1. The number of benzene rings is 1. The van der Waals surface area contributed by atoms with E-state index in [1.807, 2.05) is 0 Å². The highest BCUT2D eigenvalue weighted by atomic mass is 79.9. The Hall–Kier alpha value is -1.23. The summed E-state index contributed by atoms with van der Waals surface area (Å²) >= 11 is 3.29. The van der Waals surface area contributed by atoms with E-state index < -0.39 is 5.97 Å². The third kappa shape index (κ3) is 2.66.